The second kappa shape index (κ2) is 7.17. The molecule has 0 spiro atoms. The van der Waals surface area contributed by atoms with Gasteiger partial charge in [-0.1, -0.05) is 13.8 Å². The number of amides is 1. The molecule has 1 amide bonds. The van der Waals surface area contributed by atoms with Crippen molar-refractivity contribution in [3.05, 3.63) is 21.7 Å². The number of anilines is 1. The Morgan fingerprint density at radius 2 is 2.00 bits per heavy atom. The number of aromatic nitrogens is 2. The molecule has 2 unspecified atom stereocenters. The first kappa shape index (κ1) is 19.5. The highest BCUT2D eigenvalue weighted by molar-refractivity contribution is 6.46. The van der Waals surface area contributed by atoms with Gasteiger partial charge in [-0.05, 0) is 20.3 Å². The van der Waals surface area contributed by atoms with Gasteiger partial charge in [0.05, 0.1) is 11.6 Å². The van der Waals surface area contributed by atoms with Crippen LogP contribution in [0.2, 0.25) is 0 Å². The highest BCUT2D eigenvalue weighted by atomic mass is 16.6. The molecular formula is C16H27BN4O4. The lowest BCUT2D eigenvalue weighted by Crippen LogP contribution is -2.49. The normalized spacial score (nSPS) is 19.2. The van der Waals surface area contributed by atoms with Crippen molar-refractivity contribution in [3.63, 3.8) is 0 Å². The topological polar surface area (TPSA) is 94.5 Å². The van der Waals surface area contributed by atoms with E-state index in [4.69, 9.17) is 9.31 Å². The number of nitrogens with one attached hydrogen (secondary N) is 2. The fraction of sp³-hybridized carbons (Fsp3) is 0.688. The predicted octanol–water partition coefficient (Wildman–Crippen LogP) is 0.641. The van der Waals surface area contributed by atoms with Crippen molar-refractivity contribution < 1.29 is 14.1 Å². The Morgan fingerprint density at radius 3 is 2.52 bits per heavy atom. The third-order valence-electron chi connectivity index (χ3n) is 4.72. The quantitative estimate of drug-likeness (QED) is 0.732. The second-order valence-corrected chi connectivity index (χ2v) is 7.06. The van der Waals surface area contributed by atoms with Gasteiger partial charge in [0, 0.05) is 32.4 Å². The summed E-state index contributed by atoms with van der Waals surface area (Å²) in [7, 11) is 4.13. The lowest BCUT2D eigenvalue weighted by atomic mass is 9.79. The molecule has 138 valence electrons. The molecule has 2 N–H and O–H groups in total. The van der Waals surface area contributed by atoms with Crippen LogP contribution in [0.4, 0.5) is 5.82 Å². The van der Waals surface area contributed by atoms with Crippen molar-refractivity contribution in [3.8, 4) is 0 Å². The van der Waals surface area contributed by atoms with E-state index in [0.29, 0.717) is 6.42 Å². The van der Waals surface area contributed by atoms with Crippen molar-refractivity contribution in [1.82, 2.24) is 14.9 Å². The monoisotopic (exact) mass is 350 g/mol. The van der Waals surface area contributed by atoms with Crippen LogP contribution in [-0.2, 0) is 19.5 Å². The molecule has 8 nitrogen and oxygen atoms in total. The van der Waals surface area contributed by atoms with Crippen molar-refractivity contribution in [2.24, 2.45) is 0 Å². The minimum absolute atomic E-state index is 0.229. The van der Waals surface area contributed by atoms with Crippen molar-refractivity contribution >= 4 is 18.8 Å². The number of rotatable bonds is 6. The zero-order valence-electron chi connectivity index (χ0n) is 16.0. The van der Waals surface area contributed by atoms with E-state index in [0.717, 1.165) is 11.4 Å². The van der Waals surface area contributed by atoms with Crippen molar-refractivity contribution in [1.29, 1.82) is 0 Å². The molecular weight excluding hydrogens is 323 g/mol. The molecule has 9 heteroatoms. The van der Waals surface area contributed by atoms with Gasteiger partial charge >= 0.3 is 7.12 Å². The first-order valence-corrected chi connectivity index (χ1v) is 8.35. The first-order valence-electron chi connectivity index (χ1n) is 8.35. The molecule has 1 aromatic rings. The van der Waals surface area contributed by atoms with Gasteiger partial charge in [0.25, 0.3) is 5.56 Å². The average Bonchev–Trinajstić information content (AvgIpc) is 2.84. The van der Waals surface area contributed by atoms with E-state index in [1.165, 1.54) is 14.2 Å². The standard InChI is InChI=1S/C16H27BN4O4/c1-9-12-16(3,4)8-11(21(12)15(23)13(18-5)19-9)14(22)20-10(2)17(24-6)25-7/h10-11H,8H2,1-7H3,(H,18,19)(H,20,22). The maximum Gasteiger partial charge on any atom is 0.480 e. The molecule has 2 atom stereocenters. The SMILES string of the molecule is CNc1nc(C)c2n(c1=O)C(C(=O)NC(C)B(OC)OC)CC2(C)C. The van der Waals surface area contributed by atoms with Gasteiger partial charge in [0.15, 0.2) is 5.82 Å². The van der Waals surface area contributed by atoms with Crippen LogP contribution < -0.4 is 16.2 Å². The Hall–Kier alpha value is -1.87. The summed E-state index contributed by atoms with van der Waals surface area (Å²) in [5.74, 6) is -0.332. The molecule has 0 fully saturated rings. The summed E-state index contributed by atoms with van der Waals surface area (Å²) in [6.45, 7) is 7.71. The Balaban J connectivity index is 2.42. The minimum Gasteiger partial charge on any atom is -0.413 e. The second-order valence-electron chi connectivity index (χ2n) is 7.06. The molecule has 0 saturated carbocycles. The maximum atomic E-state index is 12.9. The van der Waals surface area contributed by atoms with Crippen molar-refractivity contribution in [2.75, 3.05) is 26.6 Å². The highest BCUT2D eigenvalue weighted by Crippen LogP contribution is 2.41. The average molecular weight is 350 g/mol. The number of aryl methyl sites for hydroxylation is 1. The summed E-state index contributed by atoms with van der Waals surface area (Å²) >= 11 is 0. The smallest absolute Gasteiger partial charge is 0.413 e. The molecule has 0 saturated heterocycles. The highest BCUT2D eigenvalue weighted by Gasteiger charge is 2.44. The molecule has 1 aliphatic rings. The van der Waals surface area contributed by atoms with Crippen LogP contribution in [0, 0.1) is 6.92 Å². The van der Waals surface area contributed by atoms with Crippen LogP contribution >= 0.6 is 0 Å². The fourth-order valence-electron chi connectivity index (χ4n) is 3.71. The van der Waals surface area contributed by atoms with Crippen LogP contribution in [-0.4, -0.2) is 49.8 Å². The van der Waals surface area contributed by atoms with E-state index in [2.05, 4.69) is 15.6 Å². The third-order valence-corrected chi connectivity index (χ3v) is 4.72. The Kier molecular flexibility index (Phi) is 5.58. The summed E-state index contributed by atoms with van der Waals surface area (Å²) in [5, 5.41) is 5.71. The van der Waals surface area contributed by atoms with Gasteiger partial charge in [0.1, 0.15) is 6.04 Å². The molecule has 2 heterocycles. The molecule has 2 rings (SSSR count). The molecule has 1 aliphatic heterocycles. The van der Waals surface area contributed by atoms with Crippen LogP contribution in [0.5, 0.6) is 0 Å². The summed E-state index contributed by atoms with van der Waals surface area (Å²) in [5.41, 5.74) is 0.954. The zero-order chi connectivity index (χ0) is 18.9. The molecule has 0 aromatic carbocycles. The first-order chi connectivity index (χ1) is 11.7. The van der Waals surface area contributed by atoms with Gasteiger partial charge in [-0.3, -0.25) is 14.2 Å². The summed E-state index contributed by atoms with van der Waals surface area (Å²) < 4.78 is 12.0. The number of nitrogens with zero attached hydrogens (tertiary/aromatic N) is 2. The maximum absolute atomic E-state index is 12.9. The van der Waals surface area contributed by atoms with E-state index >= 15 is 0 Å². The van der Waals surface area contributed by atoms with E-state index in [1.807, 2.05) is 20.8 Å². The lowest BCUT2D eigenvalue weighted by molar-refractivity contribution is -0.124. The fourth-order valence-corrected chi connectivity index (χ4v) is 3.71. The molecule has 0 radical (unpaired) electrons. The molecule has 0 bridgehead atoms. The van der Waals surface area contributed by atoms with Gasteiger partial charge in [-0.15, -0.1) is 0 Å². The molecule has 1 aromatic heterocycles. The van der Waals surface area contributed by atoms with Crippen molar-refractivity contribution in [2.45, 2.75) is 51.5 Å². The number of carbonyl (C=O) groups is 1. The van der Waals surface area contributed by atoms with Gasteiger partial charge in [0.2, 0.25) is 5.91 Å². The summed E-state index contributed by atoms with van der Waals surface area (Å²) in [4.78, 5) is 30.0. The van der Waals surface area contributed by atoms with Crippen LogP contribution in [0.3, 0.4) is 0 Å². The molecule has 0 aliphatic carbocycles. The Morgan fingerprint density at radius 1 is 1.40 bits per heavy atom. The molecule has 25 heavy (non-hydrogen) atoms. The number of fused-ring (bicyclic) bond motifs is 1. The van der Waals surface area contributed by atoms with E-state index < -0.39 is 13.2 Å². The van der Waals surface area contributed by atoms with Gasteiger partial charge in [-0.25, -0.2) is 4.98 Å². The number of hydrogen-bond donors (Lipinski definition) is 2. The van der Waals surface area contributed by atoms with Crippen LogP contribution in [0.15, 0.2) is 4.79 Å². The minimum atomic E-state index is -0.594. The number of carbonyl (C=O) groups excluding carboxylic acids is 1. The largest absolute Gasteiger partial charge is 0.480 e. The van der Waals surface area contributed by atoms with Gasteiger partial charge < -0.3 is 19.9 Å². The zero-order valence-corrected chi connectivity index (χ0v) is 16.0. The Bertz CT molecular complexity index is 715. The number of hydrogen-bond acceptors (Lipinski definition) is 6. The lowest BCUT2D eigenvalue weighted by Gasteiger charge is -2.21. The Labute approximate surface area is 148 Å². The summed E-state index contributed by atoms with van der Waals surface area (Å²) in [6.07, 6.45) is 0.529. The van der Waals surface area contributed by atoms with Crippen LogP contribution in [0.1, 0.15) is 44.6 Å². The van der Waals surface area contributed by atoms with E-state index in [9.17, 15) is 9.59 Å². The van der Waals surface area contributed by atoms with E-state index in [1.54, 1.807) is 18.5 Å². The van der Waals surface area contributed by atoms with Gasteiger partial charge in [-0.2, -0.15) is 0 Å². The predicted molar refractivity (Wildman–Crippen MR) is 96.8 cm³/mol. The van der Waals surface area contributed by atoms with E-state index in [-0.39, 0.29) is 28.6 Å². The summed E-state index contributed by atoms with van der Waals surface area (Å²) in [6, 6.07) is -0.594. The third kappa shape index (κ3) is 3.43. The van der Waals surface area contributed by atoms with Crippen LogP contribution in [0.25, 0.3) is 0 Å².